The van der Waals surface area contributed by atoms with Gasteiger partial charge in [0.1, 0.15) is 5.82 Å². The van der Waals surface area contributed by atoms with Gasteiger partial charge < -0.3 is 11.1 Å². The molecule has 0 amide bonds. The number of hydrogen-bond donors (Lipinski definition) is 2. The third-order valence-corrected chi connectivity index (χ3v) is 3.80. The van der Waals surface area contributed by atoms with E-state index < -0.39 is 0 Å². The quantitative estimate of drug-likeness (QED) is 0.825. The van der Waals surface area contributed by atoms with Crippen LogP contribution in [0.4, 0.5) is 5.82 Å². The molecule has 0 aliphatic rings. The average Bonchev–Trinajstić information content (AvgIpc) is 2.37. The van der Waals surface area contributed by atoms with E-state index >= 15 is 0 Å². The first-order chi connectivity index (χ1) is 8.88. The van der Waals surface area contributed by atoms with E-state index in [0.717, 1.165) is 25.2 Å². The van der Waals surface area contributed by atoms with E-state index in [2.05, 4.69) is 51.0 Å². The van der Waals surface area contributed by atoms with Gasteiger partial charge in [0.2, 0.25) is 0 Å². The van der Waals surface area contributed by atoms with Crippen LogP contribution in [0.1, 0.15) is 53.0 Å². The highest BCUT2D eigenvalue weighted by Gasteiger charge is 2.15. The van der Waals surface area contributed by atoms with Crippen LogP contribution in [0, 0.1) is 5.92 Å². The highest BCUT2D eigenvalue weighted by Crippen LogP contribution is 2.22. The zero-order valence-corrected chi connectivity index (χ0v) is 13.0. The number of rotatable bonds is 6. The molecule has 3 nitrogen and oxygen atoms in total. The molecule has 0 fully saturated rings. The van der Waals surface area contributed by atoms with E-state index in [0.29, 0.717) is 5.92 Å². The van der Waals surface area contributed by atoms with Gasteiger partial charge in [0.15, 0.2) is 0 Å². The third-order valence-electron chi connectivity index (χ3n) is 3.80. The molecule has 3 N–H and O–H groups in total. The molecule has 0 bridgehead atoms. The SMILES string of the molecule is CCC(CC)C(N)CNc1ccc(C(C)(C)C)cn1. The van der Waals surface area contributed by atoms with Crippen molar-refractivity contribution in [2.24, 2.45) is 11.7 Å². The molecule has 0 spiro atoms. The Morgan fingerprint density at radius 3 is 2.26 bits per heavy atom. The number of nitrogens with one attached hydrogen (secondary N) is 1. The van der Waals surface area contributed by atoms with Gasteiger partial charge in [-0.25, -0.2) is 4.98 Å². The van der Waals surface area contributed by atoms with Crippen LogP contribution in [0.3, 0.4) is 0 Å². The van der Waals surface area contributed by atoms with Gasteiger partial charge in [-0.1, -0.05) is 53.5 Å². The highest BCUT2D eigenvalue weighted by atomic mass is 15.0. The topological polar surface area (TPSA) is 50.9 Å². The largest absolute Gasteiger partial charge is 0.369 e. The Balaban J connectivity index is 2.55. The summed E-state index contributed by atoms with van der Waals surface area (Å²) in [7, 11) is 0. The predicted octanol–water partition coefficient (Wildman–Crippen LogP) is 3.55. The van der Waals surface area contributed by atoms with Crippen molar-refractivity contribution >= 4 is 5.82 Å². The van der Waals surface area contributed by atoms with E-state index in [1.807, 2.05) is 12.3 Å². The van der Waals surface area contributed by atoms with Crippen LogP contribution in [0.5, 0.6) is 0 Å². The van der Waals surface area contributed by atoms with Crippen molar-refractivity contribution < 1.29 is 0 Å². The fraction of sp³-hybridized carbons (Fsp3) is 0.688. The van der Waals surface area contributed by atoms with Gasteiger partial charge >= 0.3 is 0 Å². The minimum absolute atomic E-state index is 0.150. The van der Waals surface area contributed by atoms with Crippen molar-refractivity contribution in [1.82, 2.24) is 4.98 Å². The van der Waals surface area contributed by atoms with Crippen molar-refractivity contribution in [2.75, 3.05) is 11.9 Å². The van der Waals surface area contributed by atoms with Gasteiger partial charge in [0.25, 0.3) is 0 Å². The minimum Gasteiger partial charge on any atom is -0.369 e. The van der Waals surface area contributed by atoms with Gasteiger partial charge in [-0.15, -0.1) is 0 Å². The molecule has 1 unspecified atom stereocenters. The number of nitrogens with two attached hydrogens (primary N) is 1. The summed E-state index contributed by atoms with van der Waals surface area (Å²) in [6.07, 6.45) is 4.22. The maximum Gasteiger partial charge on any atom is 0.125 e. The highest BCUT2D eigenvalue weighted by molar-refractivity contribution is 5.37. The molecule has 1 rings (SSSR count). The van der Waals surface area contributed by atoms with Gasteiger partial charge in [-0.05, 0) is 23.0 Å². The van der Waals surface area contributed by atoms with E-state index in [4.69, 9.17) is 5.73 Å². The van der Waals surface area contributed by atoms with Gasteiger partial charge in [0, 0.05) is 18.8 Å². The molecule has 0 aliphatic heterocycles. The number of aromatic nitrogens is 1. The average molecular weight is 263 g/mol. The molecular formula is C16H29N3. The maximum atomic E-state index is 6.20. The molecule has 0 aromatic carbocycles. The van der Waals surface area contributed by atoms with Crippen molar-refractivity contribution in [3.05, 3.63) is 23.9 Å². The third kappa shape index (κ3) is 4.83. The van der Waals surface area contributed by atoms with Crippen molar-refractivity contribution in [2.45, 2.75) is 58.9 Å². The summed E-state index contributed by atoms with van der Waals surface area (Å²) in [6.45, 7) is 11.8. The predicted molar refractivity (Wildman–Crippen MR) is 83.5 cm³/mol. The van der Waals surface area contributed by atoms with E-state index in [-0.39, 0.29) is 11.5 Å². The Kier molecular flexibility index (Phi) is 5.80. The van der Waals surface area contributed by atoms with Crippen LogP contribution in [0.15, 0.2) is 18.3 Å². The van der Waals surface area contributed by atoms with Crippen molar-refractivity contribution in [3.8, 4) is 0 Å². The molecule has 0 saturated heterocycles. The Hall–Kier alpha value is -1.09. The number of hydrogen-bond acceptors (Lipinski definition) is 3. The van der Waals surface area contributed by atoms with Crippen molar-refractivity contribution in [1.29, 1.82) is 0 Å². The van der Waals surface area contributed by atoms with E-state index in [9.17, 15) is 0 Å². The lowest BCUT2D eigenvalue weighted by Crippen LogP contribution is -2.36. The second-order valence-corrected chi connectivity index (χ2v) is 6.30. The monoisotopic (exact) mass is 263 g/mol. The molecule has 3 heteroatoms. The summed E-state index contributed by atoms with van der Waals surface area (Å²) in [5, 5.41) is 3.34. The lowest BCUT2D eigenvalue weighted by molar-refractivity contribution is 0.407. The minimum atomic E-state index is 0.150. The molecule has 108 valence electrons. The molecule has 1 atom stereocenters. The molecule has 19 heavy (non-hydrogen) atoms. The summed E-state index contributed by atoms with van der Waals surface area (Å²) in [4.78, 5) is 4.46. The number of nitrogens with zero attached hydrogens (tertiary/aromatic N) is 1. The van der Waals surface area contributed by atoms with Crippen molar-refractivity contribution in [3.63, 3.8) is 0 Å². The number of pyridine rings is 1. The second kappa shape index (κ2) is 6.90. The van der Waals surface area contributed by atoms with E-state index in [1.54, 1.807) is 0 Å². The smallest absolute Gasteiger partial charge is 0.125 e. The summed E-state index contributed by atoms with van der Waals surface area (Å²) < 4.78 is 0. The molecule has 1 aromatic heterocycles. The van der Waals surface area contributed by atoms with Gasteiger partial charge in [0.05, 0.1) is 0 Å². The van der Waals surface area contributed by atoms with Crippen LogP contribution >= 0.6 is 0 Å². The lowest BCUT2D eigenvalue weighted by Gasteiger charge is -2.22. The van der Waals surface area contributed by atoms with Gasteiger partial charge in [-0.2, -0.15) is 0 Å². The molecule has 1 heterocycles. The normalized spacial score (nSPS) is 13.6. The van der Waals surface area contributed by atoms with Gasteiger partial charge in [-0.3, -0.25) is 0 Å². The van der Waals surface area contributed by atoms with Crippen LogP contribution in [-0.4, -0.2) is 17.6 Å². The van der Waals surface area contributed by atoms with Crippen LogP contribution in [0.25, 0.3) is 0 Å². The first-order valence-electron chi connectivity index (χ1n) is 7.34. The summed E-state index contributed by atoms with van der Waals surface area (Å²) in [5.41, 5.74) is 7.60. The number of anilines is 1. The standard InChI is InChI=1S/C16H29N3/c1-6-12(7-2)14(17)11-19-15-9-8-13(10-18-15)16(3,4)5/h8-10,12,14H,6-7,11,17H2,1-5H3,(H,18,19). The molecule has 0 saturated carbocycles. The Morgan fingerprint density at radius 1 is 1.21 bits per heavy atom. The summed E-state index contributed by atoms with van der Waals surface area (Å²) in [5.74, 6) is 1.50. The molecule has 0 radical (unpaired) electrons. The molecular weight excluding hydrogens is 234 g/mol. The maximum absolute atomic E-state index is 6.20. The van der Waals surface area contributed by atoms with Crippen LogP contribution in [0.2, 0.25) is 0 Å². The fourth-order valence-corrected chi connectivity index (χ4v) is 2.23. The summed E-state index contributed by atoms with van der Waals surface area (Å²) >= 11 is 0. The zero-order valence-electron chi connectivity index (χ0n) is 13.0. The van der Waals surface area contributed by atoms with Crippen LogP contribution < -0.4 is 11.1 Å². The summed E-state index contributed by atoms with van der Waals surface area (Å²) in [6, 6.07) is 4.37. The zero-order chi connectivity index (χ0) is 14.5. The fourth-order valence-electron chi connectivity index (χ4n) is 2.23. The first-order valence-corrected chi connectivity index (χ1v) is 7.34. The Bertz CT molecular complexity index is 361. The lowest BCUT2D eigenvalue weighted by atomic mass is 9.88. The van der Waals surface area contributed by atoms with E-state index in [1.165, 1.54) is 5.56 Å². The molecule has 0 aliphatic carbocycles. The Morgan fingerprint density at radius 2 is 1.84 bits per heavy atom. The Labute approximate surface area is 118 Å². The molecule has 1 aromatic rings. The first kappa shape index (κ1) is 16.0. The van der Waals surface area contributed by atoms with Crippen LogP contribution in [-0.2, 0) is 5.41 Å². The second-order valence-electron chi connectivity index (χ2n) is 6.30.